The smallest absolute Gasteiger partial charge is 0.230 e. The molecular weight excluding hydrogens is 252 g/mol. The van der Waals surface area contributed by atoms with Crippen molar-refractivity contribution in [1.29, 1.82) is 0 Å². The lowest BCUT2D eigenvalue weighted by atomic mass is 9.87. The van der Waals surface area contributed by atoms with E-state index < -0.39 is 0 Å². The molecule has 0 bridgehead atoms. The van der Waals surface area contributed by atoms with Gasteiger partial charge in [-0.1, -0.05) is 36.3 Å². The Kier molecular flexibility index (Phi) is 3.83. The Morgan fingerprint density at radius 2 is 1.85 bits per heavy atom. The average Bonchev–Trinajstić information content (AvgIpc) is 2.98. The zero-order valence-electron chi connectivity index (χ0n) is 11.7. The number of hydrogen-bond acceptors (Lipinski definition) is 4. The highest BCUT2D eigenvalue weighted by molar-refractivity contribution is 5.54. The highest BCUT2D eigenvalue weighted by Gasteiger charge is 2.25. The fourth-order valence-electron chi connectivity index (χ4n) is 2.73. The molecule has 1 fully saturated rings. The number of benzene rings is 1. The summed E-state index contributed by atoms with van der Waals surface area (Å²) in [5.41, 5.74) is 2.30. The van der Waals surface area contributed by atoms with Gasteiger partial charge >= 0.3 is 0 Å². The van der Waals surface area contributed by atoms with Gasteiger partial charge in [-0.3, -0.25) is 0 Å². The van der Waals surface area contributed by atoms with E-state index in [0.717, 1.165) is 37.7 Å². The van der Waals surface area contributed by atoms with Crippen molar-refractivity contribution in [3.05, 3.63) is 35.7 Å². The predicted molar refractivity (Wildman–Crippen MR) is 76.3 cm³/mol. The zero-order chi connectivity index (χ0) is 13.9. The minimum Gasteiger partial charge on any atom is -0.393 e. The monoisotopic (exact) mass is 272 g/mol. The van der Waals surface area contributed by atoms with E-state index in [9.17, 15) is 5.11 Å². The molecule has 0 amide bonds. The molecule has 0 unspecified atom stereocenters. The fourth-order valence-corrected chi connectivity index (χ4v) is 2.73. The number of aliphatic hydroxyl groups excluding tert-OH is 1. The quantitative estimate of drug-likeness (QED) is 0.931. The third kappa shape index (κ3) is 2.75. The van der Waals surface area contributed by atoms with Gasteiger partial charge in [0.2, 0.25) is 11.7 Å². The van der Waals surface area contributed by atoms with Crippen LogP contribution in [0.25, 0.3) is 11.4 Å². The molecule has 3 rings (SSSR count). The van der Waals surface area contributed by atoms with Gasteiger partial charge in [0.25, 0.3) is 0 Å². The predicted octanol–water partition coefficient (Wildman–Crippen LogP) is 3.32. The van der Waals surface area contributed by atoms with Crippen molar-refractivity contribution in [1.82, 2.24) is 10.1 Å². The van der Waals surface area contributed by atoms with E-state index in [-0.39, 0.29) is 6.10 Å². The molecule has 4 nitrogen and oxygen atoms in total. The van der Waals surface area contributed by atoms with E-state index in [2.05, 4.69) is 29.2 Å². The molecule has 1 N–H and O–H groups in total. The highest BCUT2D eigenvalue weighted by Crippen LogP contribution is 2.32. The molecule has 0 saturated heterocycles. The van der Waals surface area contributed by atoms with E-state index in [1.165, 1.54) is 5.56 Å². The molecule has 1 aliphatic carbocycles. The van der Waals surface area contributed by atoms with Crippen LogP contribution in [0, 0.1) is 0 Å². The van der Waals surface area contributed by atoms with Crippen LogP contribution in [0.15, 0.2) is 28.8 Å². The van der Waals surface area contributed by atoms with Crippen LogP contribution in [0.3, 0.4) is 0 Å². The van der Waals surface area contributed by atoms with Gasteiger partial charge in [0.15, 0.2) is 0 Å². The van der Waals surface area contributed by atoms with Crippen LogP contribution in [0.1, 0.15) is 50.0 Å². The van der Waals surface area contributed by atoms with Crippen molar-refractivity contribution in [2.45, 2.75) is 51.0 Å². The van der Waals surface area contributed by atoms with Gasteiger partial charge in [0.1, 0.15) is 0 Å². The van der Waals surface area contributed by atoms with Gasteiger partial charge < -0.3 is 9.63 Å². The second kappa shape index (κ2) is 5.75. The second-order valence-corrected chi connectivity index (χ2v) is 5.51. The lowest BCUT2D eigenvalue weighted by Crippen LogP contribution is -2.17. The van der Waals surface area contributed by atoms with Gasteiger partial charge in [0, 0.05) is 11.5 Å². The molecule has 1 aromatic heterocycles. The Balaban J connectivity index is 1.75. The van der Waals surface area contributed by atoms with Crippen LogP contribution >= 0.6 is 0 Å². The first-order valence-corrected chi connectivity index (χ1v) is 7.37. The SMILES string of the molecule is CCc1ccc(-c2noc(C3CCC(O)CC3)n2)cc1. The van der Waals surface area contributed by atoms with E-state index >= 15 is 0 Å². The summed E-state index contributed by atoms with van der Waals surface area (Å²) in [4.78, 5) is 4.53. The normalized spacial score (nSPS) is 22.9. The van der Waals surface area contributed by atoms with Crippen LogP contribution in [-0.4, -0.2) is 21.4 Å². The lowest BCUT2D eigenvalue weighted by Gasteiger charge is -2.22. The molecule has 0 spiro atoms. The molecule has 1 saturated carbocycles. The number of nitrogens with zero attached hydrogens (tertiary/aromatic N) is 2. The van der Waals surface area contributed by atoms with E-state index in [0.29, 0.717) is 17.6 Å². The minimum absolute atomic E-state index is 0.157. The van der Waals surface area contributed by atoms with E-state index in [4.69, 9.17) is 4.52 Å². The largest absolute Gasteiger partial charge is 0.393 e. The molecule has 4 heteroatoms. The first-order chi connectivity index (χ1) is 9.76. The maximum absolute atomic E-state index is 9.54. The zero-order valence-corrected chi connectivity index (χ0v) is 11.7. The fraction of sp³-hybridized carbons (Fsp3) is 0.500. The second-order valence-electron chi connectivity index (χ2n) is 5.51. The van der Waals surface area contributed by atoms with E-state index in [1.807, 2.05) is 12.1 Å². The molecule has 1 heterocycles. The number of aliphatic hydroxyl groups is 1. The summed E-state index contributed by atoms with van der Waals surface area (Å²) in [5.74, 6) is 1.68. The number of rotatable bonds is 3. The van der Waals surface area contributed by atoms with Crippen molar-refractivity contribution in [3.63, 3.8) is 0 Å². The Morgan fingerprint density at radius 1 is 1.15 bits per heavy atom. The minimum atomic E-state index is -0.157. The molecular formula is C16H20N2O2. The van der Waals surface area contributed by atoms with Crippen molar-refractivity contribution in [2.75, 3.05) is 0 Å². The maximum Gasteiger partial charge on any atom is 0.230 e. The number of aromatic nitrogens is 2. The van der Waals surface area contributed by atoms with Crippen LogP contribution in [0.2, 0.25) is 0 Å². The van der Waals surface area contributed by atoms with Crippen LogP contribution in [-0.2, 0) is 6.42 Å². The average molecular weight is 272 g/mol. The third-order valence-corrected chi connectivity index (χ3v) is 4.11. The van der Waals surface area contributed by atoms with Gasteiger partial charge in [-0.15, -0.1) is 0 Å². The van der Waals surface area contributed by atoms with Gasteiger partial charge in [-0.2, -0.15) is 4.98 Å². The topological polar surface area (TPSA) is 59.2 Å². The summed E-state index contributed by atoms with van der Waals surface area (Å²) in [6, 6.07) is 8.28. The molecule has 0 atom stereocenters. The van der Waals surface area contributed by atoms with Crippen molar-refractivity contribution in [3.8, 4) is 11.4 Å². The maximum atomic E-state index is 9.54. The number of aryl methyl sites for hydroxylation is 1. The summed E-state index contributed by atoms with van der Waals surface area (Å²) >= 11 is 0. The van der Waals surface area contributed by atoms with Crippen LogP contribution < -0.4 is 0 Å². The summed E-state index contributed by atoms with van der Waals surface area (Å²) in [6.07, 6.45) is 4.38. The summed E-state index contributed by atoms with van der Waals surface area (Å²) < 4.78 is 5.41. The number of hydrogen-bond donors (Lipinski definition) is 1. The molecule has 106 valence electrons. The Labute approximate surface area is 118 Å². The van der Waals surface area contributed by atoms with Crippen LogP contribution in [0.4, 0.5) is 0 Å². The van der Waals surface area contributed by atoms with Gasteiger partial charge in [0.05, 0.1) is 6.10 Å². The van der Waals surface area contributed by atoms with E-state index in [1.54, 1.807) is 0 Å². The van der Waals surface area contributed by atoms with Crippen molar-refractivity contribution >= 4 is 0 Å². The Morgan fingerprint density at radius 3 is 2.50 bits per heavy atom. The summed E-state index contributed by atoms with van der Waals surface area (Å²) in [5, 5.41) is 13.6. The van der Waals surface area contributed by atoms with Crippen LogP contribution in [0.5, 0.6) is 0 Å². The Hall–Kier alpha value is -1.68. The lowest BCUT2D eigenvalue weighted by molar-refractivity contribution is 0.116. The molecule has 2 aromatic rings. The third-order valence-electron chi connectivity index (χ3n) is 4.11. The molecule has 1 aliphatic rings. The molecule has 0 aliphatic heterocycles. The first-order valence-electron chi connectivity index (χ1n) is 7.37. The van der Waals surface area contributed by atoms with Gasteiger partial charge in [-0.05, 0) is 37.7 Å². The molecule has 20 heavy (non-hydrogen) atoms. The summed E-state index contributed by atoms with van der Waals surface area (Å²) in [7, 11) is 0. The Bertz CT molecular complexity index is 554. The molecule has 0 radical (unpaired) electrons. The summed E-state index contributed by atoms with van der Waals surface area (Å²) in [6.45, 7) is 2.14. The van der Waals surface area contributed by atoms with Crippen molar-refractivity contribution in [2.24, 2.45) is 0 Å². The van der Waals surface area contributed by atoms with Gasteiger partial charge in [-0.25, -0.2) is 0 Å². The standard InChI is InChI=1S/C16H20N2O2/c1-2-11-3-5-12(6-4-11)15-17-16(20-18-15)13-7-9-14(19)10-8-13/h3-6,13-14,19H,2,7-10H2,1H3. The first kappa shape index (κ1) is 13.3. The molecule has 1 aromatic carbocycles. The highest BCUT2D eigenvalue weighted by atomic mass is 16.5. The van der Waals surface area contributed by atoms with Crippen molar-refractivity contribution < 1.29 is 9.63 Å².